The predicted octanol–water partition coefficient (Wildman–Crippen LogP) is 1.46. The number of hydrogen-bond acceptors (Lipinski definition) is 3. The fourth-order valence-electron chi connectivity index (χ4n) is 5.20. The Hall–Kier alpha value is -1.10. The second-order valence-corrected chi connectivity index (χ2v) is 6.80. The maximum absolute atomic E-state index is 11.3. The van der Waals surface area contributed by atoms with Crippen molar-refractivity contribution >= 4 is 11.7 Å². The van der Waals surface area contributed by atoms with Crippen LogP contribution < -0.4 is 11.3 Å². The molecule has 4 fully saturated rings. The third kappa shape index (κ3) is 1.43. The number of nitrogens with zero attached hydrogens (tertiary/aromatic N) is 2. The van der Waals surface area contributed by atoms with Crippen molar-refractivity contribution in [1.29, 1.82) is 0 Å². The van der Waals surface area contributed by atoms with Gasteiger partial charge in [-0.05, 0) is 56.3 Å². The van der Waals surface area contributed by atoms with Gasteiger partial charge in [-0.25, -0.2) is 16.1 Å². The fourth-order valence-corrected chi connectivity index (χ4v) is 5.20. The first kappa shape index (κ1) is 10.8. The maximum atomic E-state index is 11.3. The number of hydrazine groups is 1. The summed E-state index contributed by atoms with van der Waals surface area (Å²) in [6.45, 7) is 0.512. The fraction of sp³-hybridized carbons (Fsp3) is 0.846. The largest absolute Gasteiger partial charge is 0.352 e. The van der Waals surface area contributed by atoms with Crippen molar-refractivity contribution < 1.29 is 4.79 Å². The maximum Gasteiger partial charge on any atom is 0.352 e. The molecule has 3 N–H and O–H groups in total. The van der Waals surface area contributed by atoms with Gasteiger partial charge in [0.05, 0.1) is 12.3 Å². The molecule has 18 heavy (non-hydrogen) atoms. The van der Waals surface area contributed by atoms with Gasteiger partial charge in [0, 0.05) is 5.41 Å². The molecule has 98 valence electrons. The van der Waals surface area contributed by atoms with Gasteiger partial charge in [0.15, 0.2) is 0 Å². The summed E-state index contributed by atoms with van der Waals surface area (Å²) in [5, 5.41) is 5.61. The van der Waals surface area contributed by atoms with Crippen molar-refractivity contribution in [2.75, 3.05) is 6.54 Å². The molecule has 0 atom stereocenters. The van der Waals surface area contributed by atoms with E-state index in [0.717, 1.165) is 23.5 Å². The van der Waals surface area contributed by atoms with Crippen LogP contribution in [0.3, 0.4) is 0 Å². The molecule has 2 amide bonds. The van der Waals surface area contributed by atoms with E-state index < -0.39 is 0 Å². The molecule has 0 aromatic rings. The molecule has 0 spiro atoms. The van der Waals surface area contributed by atoms with Crippen LogP contribution in [-0.2, 0) is 0 Å². The summed E-state index contributed by atoms with van der Waals surface area (Å²) in [5.41, 5.74) is 3.94. The Morgan fingerprint density at radius 1 is 1.17 bits per heavy atom. The normalized spacial score (nSPS) is 46.1. The minimum absolute atomic E-state index is 0.250. The highest BCUT2D eigenvalue weighted by Gasteiger charge is 2.53. The first-order valence-corrected chi connectivity index (χ1v) is 7.04. The number of carbonyl (C=O) groups excluding carboxylic acids is 1. The van der Waals surface area contributed by atoms with E-state index in [0.29, 0.717) is 6.54 Å². The number of nitrogens with one attached hydrogen (secondary N) is 1. The van der Waals surface area contributed by atoms with E-state index in [2.05, 4.69) is 10.5 Å². The molecule has 0 unspecified atom stereocenters. The first-order chi connectivity index (χ1) is 8.64. The number of nitrogens with two attached hydrogens (primary N) is 1. The number of rotatable bonds is 1. The third-order valence-electron chi connectivity index (χ3n) is 5.52. The lowest BCUT2D eigenvalue weighted by Gasteiger charge is -2.57. The quantitative estimate of drug-likeness (QED) is 0.544. The Bertz CT molecular complexity index is 395. The van der Waals surface area contributed by atoms with Crippen LogP contribution in [0.15, 0.2) is 5.10 Å². The van der Waals surface area contributed by atoms with Crippen molar-refractivity contribution in [2.45, 2.75) is 38.5 Å². The average Bonchev–Trinajstić information content (AvgIpc) is 2.31. The third-order valence-corrected chi connectivity index (χ3v) is 5.52. The topological polar surface area (TPSA) is 70.7 Å². The zero-order chi connectivity index (χ0) is 12.3. The first-order valence-electron chi connectivity index (χ1n) is 7.04. The Kier molecular flexibility index (Phi) is 2.08. The number of urea groups is 1. The minimum Gasteiger partial charge on any atom is -0.255 e. The van der Waals surface area contributed by atoms with E-state index in [1.54, 1.807) is 0 Å². The number of hydrogen-bond donors (Lipinski definition) is 2. The van der Waals surface area contributed by atoms with Gasteiger partial charge in [-0.2, -0.15) is 5.10 Å². The highest BCUT2D eigenvalue weighted by Crippen LogP contribution is 2.60. The van der Waals surface area contributed by atoms with Gasteiger partial charge in [0.2, 0.25) is 0 Å². The molecule has 0 saturated heterocycles. The molecule has 0 aromatic heterocycles. The van der Waals surface area contributed by atoms with Crippen molar-refractivity contribution in [3.05, 3.63) is 0 Å². The van der Waals surface area contributed by atoms with Crippen LogP contribution in [0.1, 0.15) is 38.5 Å². The van der Waals surface area contributed by atoms with Gasteiger partial charge in [0.1, 0.15) is 0 Å². The second kappa shape index (κ2) is 3.47. The molecule has 1 aliphatic heterocycles. The minimum atomic E-state index is -0.288. The summed E-state index contributed by atoms with van der Waals surface area (Å²) < 4.78 is 0. The van der Waals surface area contributed by atoms with E-state index in [-0.39, 0.29) is 11.4 Å². The standard InChI is InChI=1S/C13H20N4O/c14-17-7-11(15-16-12(17)18)13-4-8-1-9(5-13)3-10(2-8)6-13/h8-10H,1-7,14H2,(H,16,18). The summed E-state index contributed by atoms with van der Waals surface area (Å²) >= 11 is 0. The van der Waals surface area contributed by atoms with Crippen molar-refractivity contribution in [3.63, 3.8) is 0 Å². The van der Waals surface area contributed by atoms with Crippen molar-refractivity contribution in [1.82, 2.24) is 10.4 Å². The molecule has 5 nitrogen and oxygen atoms in total. The lowest BCUT2D eigenvalue weighted by atomic mass is 9.48. The summed E-state index contributed by atoms with van der Waals surface area (Å²) in [5.74, 6) is 8.40. The summed E-state index contributed by atoms with van der Waals surface area (Å²) in [7, 11) is 0. The van der Waals surface area contributed by atoms with Crippen LogP contribution in [0.25, 0.3) is 0 Å². The monoisotopic (exact) mass is 248 g/mol. The van der Waals surface area contributed by atoms with E-state index in [1.807, 2.05) is 0 Å². The summed E-state index contributed by atoms with van der Waals surface area (Å²) in [6.07, 6.45) is 8.06. The Balaban J connectivity index is 1.66. The Morgan fingerprint density at radius 2 is 1.72 bits per heavy atom. The van der Waals surface area contributed by atoms with E-state index in [1.165, 1.54) is 43.5 Å². The van der Waals surface area contributed by atoms with Crippen molar-refractivity contribution in [3.8, 4) is 0 Å². The molecule has 0 radical (unpaired) electrons. The summed E-state index contributed by atoms with van der Waals surface area (Å²) in [4.78, 5) is 11.3. The van der Waals surface area contributed by atoms with E-state index in [9.17, 15) is 4.79 Å². The summed E-state index contributed by atoms with van der Waals surface area (Å²) in [6, 6.07) is -0.288. The molecule has 5 rings (SSSR count). The zero-order valence-electron chi connectivity index (χ0n) is 10.6. The molecule has 0 aromatic carbocycles. The molecule has 5 aliphatic rings. The van der Waals surface area contributed by atoms with Crippen LogP contribution in [0.4, 0.5) is 4.79 Å². The Labute approximate surface area is 107 Å². The average molecular weight is 248 g/mol. The van der Waals surface area contributed by atoms with Crippen LogP contribution in [0, 0.1) is 23.2 Å². The van der Waals surface area contributed by atoms with Gasteiger partial charge in [-0.15, -0.1) is 0 Å². The van der Waals surface area contributed by atoms with Crippen LogP contribution in [0.5, 0.6) is 0 Å². The number of carbonyl (C=O) groups is 1. The smallest absolute Gasteiger partial charge is 0.255 e. The highest BCUT2D eigenvalue weighted by molar-refractivity contribution is 5.97. The van der Waals surface area contributed by atoms with Crippen LogP contribution in [-0.4, -0.2) is 23.3 Å². The molecule has 1 heterocycles. The highest BCUT2D eigenvalue weighted by atomic mass is 16.2. The molecular weight excluding hydrogens is 228 g/mol. The predicted molar refractivity (Wildman–Crippen MR) is 67.5 cm³/mol. The Morgan fingerprint density at radius 3 is 2.22 bits per heavy atom. The van der Waals surface area contributed by atoms with Crippen LogP contribution >= 0.6 is 0 Å². The number of amides is 2. The van der Waals surface area contributed by atoms with Gasteiger partial charge in [-0.3, -0.25) is 5.01 Å². The molecule has 5 heteroatoms. The molecular formula is C13H20N4O. The van der Waals surface area contributed by atoms with Crippen LogP contribution in [0.2, 0.25) is 0 Å². The van der Waals surface area contributed by atoms with Crippen molar-refractivity contribution in [2.24, 2.45) is 34.1 Å². The van der Waals surface area contributed by atoms with Gasteiger partial charge < -0.3 is 0 Å². The van der Waals surface area contributed by atoms with Gasteiger partial charge >= 0.3 is 6.03 Å². The van der Waals surface area contributed by atoms with E-state index in [4.69, 9.17) is 5.84 Å². The molecule has 4 aliphatic carbocycles. The lowest BCUT2D eigenvalue weighted by molar-refractivity contribution is -0.0144. The lowest BCUT2D eigenvalue weighted by Crippen LogP contribution is -2.58. The number of hydrazone groups is 1. The van der Waals surface area contributed by atoms with E-state index >= 15 is 0 Å². The zero-order valence-corrected chi connectivity index (χ0v) is 10.6. The second-order valence-electron chi connectivity index (χ2n) is 6.80. The SMILES string of the molecule is NN1CC(C23CC4CC(CC(C4)C2)C3)=NNC1=O. The van der Waals surface area contributed by atoms with Gasteiger partial charge in [0.25, 0.3) is 0 Å². The molecule has 4 saturated carbocycles. The molecule has 4 bridgehead atoms. The van der Waals surface area contributed by atoms with Gasteiger partial charge in [-0.1, -0.05) is 0 Å².